The zero-order valence-electron chi connectivity index (χ0n) is 16.8. The summed E-state index contributed by atoms with van der Waals surface area (Å²) >= 11 is 0. The molecule has 0 bridgehead atoms. The highest BCUT2D eigenvalue weighted by Crippen LogP contribution is 2.44. The number of carbonyl (C=O) groups excluding carboxylic acids is 2. The summed E-state index contributed by atoms with van der Waals surface area (Å²) in [6.45, 7) is -2.88. The first-order valence-electron chi connectivity index (χ1n) is 9.84. The quantitative estimate of drug-likeness (QED) is 0.624. The molecule has 0 spiro atoms. The van der Waals surface area contributed by atoms with Crippen molar-refractivity contribution in [3.05, 3.63) is 59.7 Å². The van der Waals surface area contributed by atoms with Gasteiger partial charge in [-0.2, -0.15) is 8.78 Å². The lowest BCUT2D eigenvalue weighted by Gasteiger charge is -2.44. The molecule has 2 aromatic carbocycles. The molecular weight excluding hydrogens is 426 g/mol. The molecule has 4 rings (SSSR count). The number of hydrogen-bond acceptors (Lipinski definition) is 5. The molecule has 1 fully saturated rings. The second-order valence-corrected chi connectivity index (χ2v) is 7.88. The molecule has 2 aromatic rings. The van der Waals surface area contributed by atoms with E-state index in [1.807, 2.05) is 53.8 Å². The molecule has 10 heteroatoms. The van der Waals surface area contributed by atoms with Crippen LogP contribution in [0.1, 0.15) is 17.0 Å². The highest BCUT2D eigenvalue weighted by atomic mass is 19.3. The maximum Gasteiger partial charge on any atom is 0.407 e. The van der Waals surface area contributed by atoms with E-state index >= 15 is 0 Å². The van der Waals surface area contributed by atoms with Gasteiger partial charge in [0.05, 0.1) is 19.6 Å². The minimum absolute atomic E-state index is 0.0723. The molecule has 168 valence electrons. The van der Waals surface area contributed by atoms with Gasteiger partial charge < -0.3 is 25.2 Å². The van der Waals surface area contributed by atoms with Crippen LogP contribution >= 0.6 is 0 Å². The molecular formula is C22H20F2N2O6. The Morgan fingerprint density at radius 3 is 2.12 bits per heavy atom. The zero-order chi connectivity index (χ0) is 23.1. The Bertz CT molecular complexity index is 1040. The predicted octanol–water partition coefficient (Wildman–Crippen LogP) is 1.82. The molecule has 8 nitrogen and oxygen atoms in total. The van der Waals surface area contributed by atoms with Crippen LogP contribution in [0.4, 0.5) is 13.6 Å². The number of hydrogen-bond donors (Lipinski definition) is 3. The van der Waals surface area contributed by atoms with Gasteiger partial charge in [0.15, 0.2) is 5.60 Å². The number of benzene rings is 2. The summed E-state index contributed by atoms with van der Waals surface area (Å²) in [5, 5.41) is 20.3. The molecule has 2 aliphatic rings. The Morgan fingerprint density at radius 1 is 1.06 bits per heavy atom. The Kier molecular flexibility index (Phi) is 5.33. The largest absolute Gasteiger partial charge is 0.479 e. The van der Waals surface area contributed by atoms with Crippen molar-refractivity contribution in [3.8, 4) is 11.1 Å². The van der Waals surface area contributed by atoms with Crippen molar-refractivity contribution in [1.82, 2.24) is 10.2 Å². The number of nitrogens with one attached hydrogen (secondary N) is 1. The van der Waals surface area contributed by atoms with Crippen LogP contribution in [-0.4, -0.2) is 70.8 Å². The third-order valence-corrected chi connectivity index (χ3v) is 5.70. The lowest BCUT2D eigenvalue weighted by Crippen LogP contribution is -2.70. The summed E-state index contributed by atoms with van der Waals surface area (Å²) in [6, 6.07) is 15.3. The van der Waals surface area contributed by atoms with Crippen molar-refractivity contribution < 1.29 is 38.1 Å². The summed E-state index contributed by atoms with van der Waals surface area (Å²) in [5.74, 6) is -7.50. The van der Waals surface area contributed by atoms with Crippen molar-refractivity contribution in [1.29, 1.82) is 0 Å². The number of alkyl halides is 2. The topological polar surface area (TPSA) is 116 Å². The number of alkyl carbamates (subject to hydrolysis) is 1. The Hall–Kier alpha value is -3.53. The predicted molar refractivity (Wildman–Crippen MR) is 107 cm³/mol. The van der Waals surface area contributed by atoms with Gasteiger partial charge in [0, 0.05) is 5.92 Å². The molecule has 1 aliphatic carbocycles. The molecule has 0 saturated carbocycles. The van der Waals surface area contributed by atoms with E-state index in [1.54, 1.807) is 0 Å². The fourth-order valence-corrected chi connectivity index (χ4v) is 4.00. The average molecular weight is 446 g/mol. The fraction of sp³-hybridized carbons (Fsp3) is 0.318. The number of β-amino-alcohol motifs (C(OH)–C–C–N with tert-alkyl or cyclic N) is 1. The molecule has 0 radical (unpaired) electrons. The number of ether oxygens (including phenoxy) is 1. The van der Waals surface area contributed by atoms with E-state index in [1.165, 1.54) is 0 Å². The number of carboxylic acids is 1. The van der Waals surface area contributed by atoms with Crippen LogP contribution in [0.15, 0.2) is 48.5 Å². The Labute approximate surface area is 181 Å². The number of fused-ring (bicyclic) bond motifs is 3. The maximum absolute atomic E-state index is 14.1. The van der Waals surface area contributed by atoms with E-state index in [2.05, 4.69) is 0 Å². The van der Waals surface area contributed by atoms with Gasteiger partial charge in [0.2, 0.25) is 0 Å². The molecule has 0 atom stereocenters. The van der Waals surface area contributed by atoms with E-state index in [0.29, 0.717) is 4.90 Å². The van der Waals surface area contributed by atoms with Gasteiger partial charge in [0.25, 0.3) is 5.91 Å². The van der Waals surface area contributed by atoms with Crippen molar-refractivity contribution in [2.45, 2.75) is 17.4 Å². The molecule has 1 saturated heterocycles. The highest BCUT2D eigenvalue weighted by molar-refractivity contribution is 5.89. The van der Waals surface area contributed by atoms with Gasteiger partial charge >= 0.3 is 18.0 Å². The van der Waals surface area contributed by atoms with Crippen LogP contribution in [0.25, 0.3) is 11.1 Å². The van der Waals surface area contributed by atoms with Gasteiger partial charge in [-0.05, 0) is 22.3 Å². The van der Waals surface area contributed by atoms with Crippen LogP contribution < -0.4 is 5.32 Å². The lowest BCUT2D eigenvalue weighted by molar-refractivity contribution is -0.192. The standard InChI is InChI=1S/C22H20F2N2O6/c23-22(24,18(27)26-11-21(31,12-26)19(28)29)10-25-20(30)32-9-17-15-7-3-1-5-13(15)14-6-2-4-8-16(14)17/h1-8,17,31H,9-12H2,(H,25,30)(H,28,29). The van der Waals surface area contributed by atoms with Gasteiger partial charge in [-0.1, -0.05) is 48.5 Å². The van der Waals surface area contributed by atoms with Crippen LogP contribution in [0.5, 0.6) is 0 Å². The zero-order valence-corrected chi connectivity index (χ0v) is 16.8. The third kappa shape index (κ3) is 3.77. The normalized spacial score (nSPS) is 16.5. The van der Waals surface area contributed by atoms with Gasteiger partial charge in [0.1, 0.15) is 6.61 Å². The number of aliphatic hydroxyl groups is 1. The van der Waals surface area contributed by atoms with Crippen LogP contribution in [-0.2, 0) is 14.3 Å². The van der Waals surface area contributed by atoms with Crippen LogP contribution in [0.2, 0.25) is 0 Å². The van der Waals surface area contributed by atoms with E-state index in [-0.39, 0.29) is 12.5 Å². The fourth-order valence-electron chi connectivity index (χ4n) is 4.00. The van der Waals surface area contributed by atoms with Crippen molar-refractivity contribution >= 4 is 18.0 Å². The van der Waals surface area contributed by atoms with E-state index < -0.39 is 49.1 Å². The Morgan fingerprint density at radius 2 is 1.59 bits per heavy atom. The summed E-state index contributed by atoms with van der Waals surface area (Å²) in [7, 11) is 0. The van der Waals surface area contributed by atoms with Gasteiger partial charge in [-0.25, -0.2) is 9.59 Å². The number of likely N-dealkylation sites (tertiary alicyclic amines) is 1. The summed E-state index contributed by atoms with van der Waals surface area (Å²) < 4.78 is 33.4. The molecule has 1 aliphatic heterocycles. The minimum atomic E-state index is -3.98. The van der Waals surface area contributed by atoms with Crippen molar-refractivity contribution in [3.63, 3.8) is 0 Å². The third-order valence-electron chi connectivity index (χ3n) is 5.70. The average Bonchev–Trinajstić information content (AvgIpc) is 3.07. The van der Waals surface area contributed by atoms with E-state index in [0.717, 1.165) is 22.3 Å². The summed E-state index contributed by atoms with van der Waals surface area (Å²) in [5.41, 5.74) is 1.73. The monoisotopic (exact) mass is 446 g/mol. The van der Waals surface area contributed by atoms with Crippen LogP contribution in [0.3, 0.4) is 0 Å². The first-order chi connectivity index (χ1) is 15.1. The number of rotatable bonds is 6. The first-order valence-corrected chi connectivity index (χ1v) is 9.84. The van der Waals surface area contributed by atoms with E-state index in [4.69, 9.17) is 9.84 Å². The lowest BCUT2D eigenvalue weighted by atomic mass is 9.93. The highest BCUT2D eigenvalue weighted by Gasteiger charge is 2.55. The molecule has 0 aromatic heterocycles. The summed E-state index contributed by atoms with van der Waals surface area (Å²) in [4.78, 5) is 35.3. The smallest absolute Gasteiger partial charge is 0.407 e. The SMILES string of the molecule is O=C(NCC(F)(F)C(=O)N1CC(O)(C(=O)O)C1)OCC1c2ccccc2-c2ccccc21. The second-order valence-electron chi connectivity index (χ2n) is 7.88. The van der Waals surface area contributed by atoms with Crippen LogP contribution in [0, 0.1) is 0 Å². The molecule has 1 heterocycles. The Balaban J connectivity index is 1.32. The van der Waals surface area contributed by atoms with Gasteiger partial charge in [-0.15, -0.1) is 0 Å². The van der Waals surface area contributed by atoms with Crippen molar-refractivity contribution in [2.75, 3.05) is 26.2 Å². The molecule has 2 amide bonds. The van der Waals surface area contributed by atoms with Crippen molar-refractivity contribution in [2.24, 2.45) is 0 Å². The number of halogens is 2. The minimum Gasteiger partial charge on any atom is -0.479 e. The summed E-state index contributed by atoms with van der Waals surface area (Å²) in [6.07, 6.45) is -1.11. The van der Waals surface area contributed by atoms with Gasteiger partial charge in [-0.3, -0.25) is 4.79 Å². The first kappa shape index (κ1) is 21.7. The maximum atomic E-state index is 14.1. The molecule has 0 unspecified atom stereocenters. The van der Waals surface area contributed by atoms with E-state index in [9.17, 15) is 28.3 Å². The second kappa shape index (κ2) is 7.86. The molecule has 3 N–H and O–H groups in total. The number of carbonyl (C=O) groups is 3. The number of aliphatic carboxylic acids is 1. The molecule has 32 heavy (non-hydrogen) atoms. The number of carboxylic acid groups (broad SMARTS) is 1. The number of nitrogens with zero attached hydrogens (tertiary/aromatic N) is 1. The number of amides is 2.